The van der Waals surface area contributed by atoms with Crippen molar-refractivity contribution in [2.45, 2.75) is 18.9 Å². The molecule has 2 aliphatic rings. The van der Waals surface area contributed by atoms with Crippen molar-refractivity contribution in [3.63, 3.8) is 0 Å². The first-order valence-corrected chi connectivity index (χ1v) is 8.02. The Bertz CT molecular complexity index is 490. The van der Waals surface area contributed by atoms with Gasteiger partial charge in [-0.05, 0) is 24.6 Å². The van der Waals surface area contributed by atoms with Crippen LogP contribution in [0.15, 0.2) is 33.7 Å². The van der Waals surface area contributed by atoms with Gasteiger partial charge in [-0.25, -0.2) is 0 Å². The van der Waals surface area contributed by atoms with Crippen molar-refractivity contribution in [3.8, 4) is 0 Å². The first-order chi connectivity index (χ1) is 8.71. The largest absolute Gasteiger partial charge is 0.381 e. The molecular weight excluding hydrogens is 310 g/mol. The van der Waals surface area contributed by atoms with Gasteiger partial charge < -0.3 is 4.74 Å². The molecule has 2 heterocycles. The fourth-order valence-electron chi connectivity index (χ4n) is 2.87. The van der Waals surface area contributed by atoms with E-state index in [1.165, 1.54) is 10.6 Å². The van der Waals surface area contributed by atoms with E-state index in [4.69, 9.17) is 9.73 Å². The van der Waals surface area contributed by atoms with Gasteiger partial charge in [-0.2, -0.15) is 0 Å². The zero-order valence-corrected chi connectivity index (χ0v) is 12.8. The Kier molecular flexibility index (Phi) is 3.52. The zero-order chi connectivity index (χ0) is 12.6. The monoisotopic (exact) mass is 325 g/mol. The highest BCUT2D eigenvalue weighted by Gasteiger charge is 2.44. The molecule has 4 heteroatoms. The highest BCUT2D eigenvalue weighted by atomic mass is 79.9. The van der Waals surface area contributed by atoms with Crippen LogP contribution in [0.5, 0.6) is 0 Å². The summed E-state index contributed by atoms with van der Waals surface area (Å²) in [7, 11) is 0. The highest BCUT2D eigenvalue weighted by molar-refractivity contribution is 9.10. The maximum atomic E-state index is 5.66. The number of nitrogens with zero attached hydrogens (tertiary/aromatic N) is 1. The quantitative estimate of drug-likeness (QED) is 0.782. The number of benzene rings is 1. The van der Waals surface area contributed by atoms with Crippen LogP contribution >= 0.6 is 27.7 Å². The molecule has 0 aromatic heterocycles. The van der Waals surface area contributed by atoms with E-state index in [9.17, 15) is 0 Å². The van der Waals surface area contributed by atoms with E-state index in [0.29, 0.717) is 5.92 Å². The molecule has 2 nitrogen and oxygen atoms in total. The van der Waals surface area contributed by atoms with Crippen LogP contribution in [-0.4, -0.2) is 24.0 Å². The Hall–Kier alpha value is -0.320. The predicted molar refractivity (Wildman–Crippen MR) is 80.3 cm³/mol. The van der Waals surface area contributed by atoms with Crippen LogP contribution < -0.4 is 0 Å². The van der Waals surface area contributed by atoms with Crippen molar-refractivity contribution >= 4 is 32.7 Å². The summed E-state index contributed by atoms with van der Waals surface area (Å²) in [5, 5.41) is 1.20. The van der Waals surface area contributed by atoms with E-state index < -0.39 is 0 Å². The van der Waals surface area contributed by atoms with Crippen LogP contribution in [0.3, 0.4) is 0 Å². The van der Waals surface area contributed by atoms with Gasteiger partial charge >= 0.3 is 0 Å². The Morgan fingerprint density at radius 2 is 2.39 bits per heavy atom. The Morgan fingerprint density at radius 1 is 1.50 bits per heavy atom. The van der Waals surface area contributed by atoms with Crippen LogP contribution in [0, 0.1) is 5.92 Å². The molecule has 0 aliphatic carbocycles. The minimum atomic E-state index is -0.0582. The Morgan fingerprint density at radius 3 is 3.22 bits per heavy atom. The normalized spacial score (nSPS) is 31.7. The molecule has 2 atom stereocenters. The van der Waals surface area contributed by atoms with Crippen LogP contribution in [0.25, 0.3) is 0 Å². The standard InChI is InChI=1S/C14H16BrNOS/c1-10-16-14(11-3-2-4-13(15)7-11)5-6-17-8-12(14)9-18-10/h2-4,7,12H,5-6,8-9H2,1H3/t12-,14+/m1/s1. The second-order valence-corrected chi connectivity index (χ2v) is 7.03. The minimum absolute atomic E-state index is 0.0582. The number of thioether (sulfide) groups is 1. The topological polar surface area (TPSA) is 21.6 Å². The van der Waals surface area contributed by atoms with Gasteiger partial charge in [-0.3, -0.25) is 4.99 Å². The number of hydrogen-bond donors (Lipinski definition) is 0. The van der Waals surface area contributed by atoms with Gasteiger partial charge in [0.1, 0.15) is 0 Å². The lowest BCUT2D eigenvalue weighted by atomic mass is 9.76. The van der Waals surface area contributed by atoms with E-state index in [1.54, 1.807) is 0 Å². The summed E-state index contributed by atoms with van der Waals surface area (Å²) in [4.78, 5) is 5.03. The van der Waals surface area contributed by atoms with Crippen molar-refractivity contribution in [2.75, 3.05) is 19.0 Å². The van der Waals surface area contributed by atoms with Gasteiger partial charge in [0.2, 0.25) is 0 Å². The molecule has 0 unspecified atom stereocenters. The van der Waals surface area contributed by atoms with Gasteiger partial charge in [-0.15, -0.1) is 11.8 Å². The molecule has 0 amide bonds. The molecule has 96 valence electrons. The summed E-state index contributed by atoms with van der Waals surface area (Å²) in [6, 6.07) is 8.59. The van der Waals surface area contributed by atoms with E-state index in [-0.39, 0.29) is 5.54 Å². The average Bonchev–Trinajstić information content (AvgIpc) is 2.38. The molecule has 1 fully saturated rings. The number of hydrogen-bond acceptors (Lipinski definition) is 3. The molecule has 0 bridgehead atoms. The lowest BCUT2D eigenvalue weighted by Crippen LogP contribution is -2.45. The molecule has 1 saturated heterocycles. The molecule has 1 aromatic carbocycles. The molecule has 0 saturated carbocycles. The number of ether oxygens (including phenoxy) is 1. The van der Waals surface area contributed by atoms with Crippen LogP contribution in [-0.2, 0) is 10.3 Å². The van der Waals surface area contributed by atoms with Gasteiger partial charge in [0.25, 0.3) is 0 Å². The Balaban J connectivity index is 2.10. The smallest absolute Gasteiger partial charge is 0.0946 e. The molecule has 18 heavy (non-hydrogen) atoms. The van der Waals surface area contributed by atoms with Crippen LogP contribution in [0.2, 0.25) is 0 Å². The fourth-order valence-corrected chi connectivity index (χ4v) is 4.31. The van der Waals surface area contributed by atoms with Gasteiger partial charge in [-0.1, -0.05) is 28.1 Å². The van der Waals surface area contributed by atoms with Crippen molar-refractivity contribution in [3.05, 3.63) is 34.3 Å². The van der Waals surface area contributed by atoms with Crippen molar-refractivity contribution in [2.24, 2.45) is 10.9 Å². The van der Waals surface area contributed by atoms with Crippen LogP contribution in [0.1, 0.15) is 18.9 Å². The fraction of sp³-hybridized carbons (Fsp3) is 0.500. The second-order valence-electron chi connectivity index (χ2n) is 4.90. The Labute approximate surface area is 120 Å². The lowest BCUT2D eigenvalue weighted by Gasteiger charge is -2.44. The van der Waals surface area contributed by atoms with E-state index in [0.717, 1.165) is 29.9 Å². The molecule has 0 radical (unpaired) electrons. The van der Waals surface area contributed by atoms with Gasteiger partial charge in [0, 0.05) is 29.2 Å². The molecule has 1 aromatic rings. The zero-order valence-electron chi connectivity index (χ0n) is 10.4. The van der Waals surface area contributed by atoms with Gasteiger partial charge in [0.15, 0.2) is 0 Å². The van der Waals surface area contributed by atoms with Crippen molar-refractivity contribution in [1.82, 2.24) is 0 Å². The predicted octanol–water partition coefficient (Wildman–Crippen LogP) is 3.85. The number of aliphatic imine (C=N–C) groups is 1. The SMILES string of the molecule is CC1=N[C@]2(c3cccc(Br)c3)CCOC[C@@H]2CS1. The summed E-state index contributed by atoms with van der Waals surface area (Å²) >= 11 is 5.43. The number of fused-ring (bicyclic) bond motifs is 1. The third kappa shape index (κ3) is 2.15. The maximum absolute atomic E-state index is 5.66. The third-order valence-electron chi connectivity index (χ3n) is 3.80. The van der Waals surface area contributed by atoms with E-state index >= 15 is 0 Å². The summed E-state index contributed by atoms with van der Waals surface area (Å²) in [6.07, 6.45) is 0.992. The second kappa shape index (κ2) is 4.99. The summed E-state index contributed by atoms with van der Waals surface area (Å²) in [5.41, 5.74) is 1.27. The van der Waals surface area contributed by atoms with Gasteiger partial charge in [0.05, 0.1) is 17.2 Å². The molecular formula is C14H16BrNOS. The third-order valence-corrected chi connectivity index (χ3v) is 5.37. The summed E-state index contributed by atoms with van der Waals surface area (Å²) in [6.45, 7) is 3.76. The van der Waals surface area contributed by atoms with E-state index in [2.05, 4.69) is 47.1 Å². The van der Waals surface area contributed by atoms with Crippen molar-refractivity contribution < 1.29 is 4.74 Å². The minimum Gasteiger partial charge on any atom is -0.381 e. The van der Waals surface area contributed by atoms with Crippen molar-refractivity contribution in [1.29, 1.82) is 0 Å². The summed E-state index contributed by atoms with van der Waals surface area (Å²) in [5.74, 6) is 1.61. The highest BCUT2D eigenvalue weighted by Crippen LogP contribution is 2.45. The van der Waals surface area contributed by atoms with Crippen LogP contribution in [0.4, 0.5) is 0 Å². The molecule has 3 rings (SSSR count). The number of rotatable bonds is 1. The lowest BCUT2D eigenvalue weighted by molar-refractivity contribution is 0.0101. The number of halogens is 1. The first-order valence-electron chi connectivity index (χ1n) is 6.24. The average molecular weight is 326 g/mol. The molecule has 2 aliphatic heterocycles. The molecule has 0 N–H and O–H groups in total. The summed E-state index contributed by atoms with van der Waals surface area (Å²) < 4.78 is 6.79. The maximum Gasteiger partial charge on any atom is 0.0946 e. The first kappa shape index (κ1) is 12.7. The van der Waals surface area contributed by atoms with E-state index in [1.807, 2.05) is 11.8 Å². The molecule has 0 spiro atoms.